The Hall–Kier alpha value is -2.49. The molecule has 0 unspecified atom stereocenters. The van der Waals surface area contributed by atoms with Gasteiger partial charge in [-0.25, -0.2) is 14.4 Å². The first-order valence-corrected chi connectivity index (χ1v) is 8.85. The van der Waals surface area contributed by atoms with Crippen LogP contribution in [0, 0.1) is 5.82 Å². The second-order valence-corrected chi connectivity index (χ2v) is 5.80. The Morgan fingerprint density at radius 2 is 1.48 bits per heavy atom. The SMILES string of the molecule is C1COCCN1.Nc1cc(F)ccn1.Nc1cc(N2CCOCC2)ccn1. The fourth-order valence-corrected chi connectivity index (χ4v) is 2.39. The maximum atomic E-state index is 12.0. The van der Waals surface area contributed by atoms with Gasteiger partial charge in [-0.15, -0.1) is 0 Å². The Bertz CT molecular complexity index is 637. The molecule has 4 rings (SSSR count). The second kappa shape index (κ2) is 12.0. The summed E-state index contributed by atoms with van der Waals surface area (Å²) in [5.74, 6) is 0.437. The number of halogens is 1. The highest BCUT2D eigenvalue weighted by molar-refractivity contribution is 5.52. The molecular weight excluding hydrogens is 351 g/mol. The number of nitrogens with zero attached hydrogens (tertiary/aromatic N) is 3. The maximum absolute atomic E-state index is 12.0. The van der Waals surface area contributed by atoms with Crippen molar-refractivity contribution in [3.8, 4) is 0 Å². The zero-order chi connectivity index (χ0) is 19.3. The number of nitrogens with one attached hydrogen (secondary N) is 1. The second-order valence-electron chi connectivity index (χ2n) is 5.80. The molecule has 4 heterocycles. The summed E-state index contributed by atoms with van der Waals surface area (Å²) in [6.07, 6.45) is 3.06. The van der Waals surface area contributed by atoms with Gasteiger partial charge in [0.25, 0.3) is 0 Å². The number of pyridine rings is 2. The molecule has 2 saturated heterocycles. The van der Waals surface area contributed by atoms with Gasteiger partial charge >= 0.3 is 0 Å². The molecule has 8 nitrogen and oxygen atoms in total. The van der Waals surface area contributed by atoms with Crippen LogP contribution < -0.4 is 21.7 Å². The van der Waals surface area contributed by atoms with E-state index < -0.39 is 0 Å². The van der Waals surface area contributed by atoms with Crippen LogP contribution >= 0.6 is 0 Å². The number of anilines is 3. The van der Waals surface area contributed by atoms with E-state index in [4.69, 9.17) is 20.9 Å². The van der Waals surface area contributed by atoms with E-state index in [1.54, 1.807) is 6.20 Å². The van der Waals surface area contributed by atoms with E-state index in [-0.39, 0.29) is 11.6 Å². The molecule has 27 heavy (non-hydrogen) atoms. The zero-order valence-electron chi connectivity index (χ0n) is 15.3. The van der Waals surface area contributed by atoms with Crippen molar-refractivity contribution in [2.24, 2.45) is 0 Å². The molecular formula is C18H27FN6O2. The Balaban J connectivity index is 0.000000159. The average molecular weight is 378 g/mol. The van der Waals surface area contributed by atoms with Crippen LogP contribution in [-0.2, 0) is 9.47 Å². The van der Waals surface area contributed by atoms with Crippen LogP contribution in [-0.4, -0.2) is 62.6 Å². The summed E-state index contributed by atoms with van der Waals surface area (Å²) < 4.78 is 22.3. The fraction of sp³-hybridized carbons (Fsp3) is 0.444. The van der Waals surface area contributed by atoms with Crippen molar-refractivity contribution in [2.45, 2.75) is 0 Å². The monoisotopic (exact) mass is 378 g/mol. The minimum atomic E-state index is -0.350. The molecule has 148 valence electrons. The van der Waals surface area contributed by atoms with Crippen LogP contribution in [0.15, 0.2) is 36.7 Å². The topological polar surface area (TPSA) is 112 Å². The van der Waals surface area contributed by atoms with E-state index in [0.717, 1.165) is 58.3 Å². The van der Waals surface area contributed by atoms with E-state index in [2.05, 4.69) is 20.2 Å². The predicted molar refractivity (Wildman–Crippen MR) is 104 cm³/mol. The van der Waals surface area contributed by atoms with Crippen LogP contribution in [0.1, 0.15) is 0 Å². The number of nitrogen functional groups attached to an aromatic ring is 2. The highest BCUT2D eigenvalue weighted by Gasteiger charge is 2.10. The lowest BCUT2D eigenvalue weighted by Gasteiger charge is -2.28. The first kappa shape index (κ1) is 20.8. The fourth-order valence-electron chi connectivity index (χ4n) is 2.39. The third-order valence-corrected chi connectivity index (χ3v) is 3.73. The van der Waals surface area contributed by atoms with Gasteiger partial charge < -0.3 is 31.2 Å². The maximum Gasteiger partial charge on any atom is 0.128 e. The van der Waals surface area contributed by atoms with E-state index in [0.29, 0.717) is 5.82 Å². The van der Waals surface area contributed by atoms with Crippen molar-refractivity contribution in [2.75, 3.05) is 69.0 Å². The molecule has 2 aromatic rings. The lowest BCUT2D eigenvalue weighted by molar-refractivity contribution is 0.109. The Morgan fingerprint density at radius 1 is 0.889 bits per heavy atom. The molecule has 0 aromatic carbocycles. The number of hydrogen-bond donors (Lipinski definition) is 3. The summed E-state index contributed by atoms with van der Waals surface area (Å²) in [6, 6.07) is 6.28. The third-order valence-electron chi connectivity index (χ3n) is 3.73. The normalized spacial score (nSPS) is 16.4. The van der Waals surface area contributed by atoms with Gasteiger partial charge in [0.2, 0.25) is 0 Å². The highest BCUT2D eigenvalue weighted by Crippen LogP contribution is 2.16. The Morgan fingerprint density at radius 3 is 1.93 bits per heavy atom. The summed E-state index contributed by atoms with van der Waals surface area (Å²) in [7, 11) is 0. The molecule has 0 spiro atoms. The smallest absolute Gasteiger partial charge is 0.128 e. The van der Waals surface area contributed by atoms with Gasteiger partial charge in [-0.3, -0.25) is 0 Å². The Labute approximate surface area is 158 Å². The largest absolute Gasteiger partial charge is 0.384 e. The van der Waals surface area contributed by atoms with Crippen molar-refractivity contribution in [3.63, 3.8) is 0 Å². The number of hydrogen-bond acceptors (Lipinski definition) is 8. The summed E-state index contributed by atoms with van der Waals surface area (Å²) in [4.78, 5) is 9.78. The number of rotatable bonds is 1. The van der Waals surface area contributed by atoms with Crippen molar-refractivity contribution in [1.29, 1.82) is 0 Å². The number of morpholine rings is 2. The first-order chi connectivity index (χ1) is 13.1. The molecule has 2 aromatic heterocycles. The van der Waals surface area contributed by atoms with Gasteiger partial charge in [0.1, 0.15) is 17.5 Å². The van der Waals surface area contributed by atoms with Crippen LogP contribution in [0.2, 0.25) is 0 Å². The van der Waals surface area contributed by atoms with Gasteiger partial charge in [-0.1, -0.05) is 0 Å². The quantitative estimate of drug-likeness (QED) is 0.671. The lowest BCUT2D eigenvalue weighted by atomic mass is 10.3. The van der Waals surface area contributed by atoms with E-state index in [9.17, 15) is 4.39 Å². The lowest BCUT2D eigenvalue weighted by Crippen LogP contribution is -2.36. The molecule has 9 heteroatoms. The van der Waals surface area contributed by atoms with Gasteiger partial charge in [-0.05, 0) is 12.1 Å². The number of nitrogens with two attached hydrogens (primary N) is 2. The molecule has 2 fully saturated rings. The van der Waals surface area contributed by atoms with Gasteiger partial charge in [-0.2, -0.15) is 0 Å². The number of aromatic nitrogens is 2. The van der Waals surface area contributed by atoms with Crippen LogP contribution in [0.25, 0.3) is 0 Å². The van der Waals surface area contributed by atoms with Gasteiger partial charge in [0.15, 0.2) is 0 Å². The van der Waals surface area contributed by atoms with Gasteiger partial charge in [0.05, 0.1) is 26.4 Å². The minimum Gasteiger partial charge on any atom is -0.384 e. The Kier molecular flexibility index (Phi) is 9.25. The molecule has 0 amide bonds. The minimum absolute atomic E-state index is 0.213. The molecule has 0 bridgehead atoms. The van der Waals surface area contributed by atoms with E-state index >= 15 is 0 Å². The molecule has 0 aliphatic carbocycles. The summed E-state index contributed by atoms with van der Waals surface area (Å²) in [5, 5.41) is 3.16. The molecule has 0 atom stereocenters. The van der Waals surface area contributed by atoms with Crippen LogP contribution in [0.4, 0.5) is 21.7 Å². The summed E-state index contributed by atoms with van der Waals surface area (Å²) in [5.41, 5.74) is 11.8. The van der Waals surface area contributed by atoms with Gasteiger partial charge in [0, 0.05) is 56.4 Å². The number of ether oxygens (including phenoxy) is 2. The highest BCUT2D eigenvalue weighted by atomic mass is 19.1. The molecule has 0 radical (unpaired) electrons. The molecule has 5 N–H and O–H groups in total. The van der Waals surface area contributed by atoms with Crippen LogP contribution in [0.3, 0.4) is 0 Å². The first-order valence-electron chi connectivity index (χ1n) is 8.85. The van der Waals surface area contributed by atoms with Crippen molar-refractivity contribution < 1.29 is 13.9 Å². The van der Waals surface area contributed by atoms with Crippen LogP contribution in [0.5, 0.6) is 0 Å². The third kappa shape index (κ3) is 8.63. The molecule has 0 saturated carbocycles. The summed E-state index contributed by atoms with van der Waals surface area (Å²) >= 11 is 0. The molecule has 2 aliphatic heterocycles. The van der Waals surface area contributed by atoms with Crippen molar-refractivity contribution in [3.05, 3.63) is 42.5 Å². The van der Waals surface area contributed by atoms with E-state index in [1.165, 1.54) is 18.3 Å². The molecule has 2 aliphatic rings. The average Bonchev–Trinajstić information content (AvgIpc) is 2.71. The van der Waals surface area contributed by atoms with Crippen molar-refractivity contribution in [1.82, 2.24) is 15.3 Å². The van der Waals surface area contributed by atoms with E-state index in [1.807, 2.05) is 12.1 Å². The standard InChI is InChI=1S/C9H13N3O.C5H5FN2.C4H9NO/c10-9-7-8(1-2-11-9)12-3-5-13-6-4-12;6-4-1-2-8-5(7)3-4;1-3-6-4-2-5-1/h1-2,7H,3-6H2,(H2,10,11);1-3H,(H2,7,8);5H,1-4H2. The predicted octanol–water partition coefficient (Wildman–Crippen LogP) is 0.910. The van der Waals surface area contributed by atoms with Crippen molar-refractivity contribution >= 4 is 17.3 Å². The zero-order valence-corrected chi connectivity index (χ0v) is 15.3. The summed E-state index contributed by atoms with van der Waals surface area (Å²) in [6.45, 7) is 7.29.